The van der Waals surface area contributed by atoms with Crippen LogP contribution in [-0.4, -0.2) is 34.0 Å². The minimum Gasteiger partial charge on any atom is -0.389 e. The molecule has 1 aliphatic rings. The molecule has 0 amide bonds. The number of nitrogens with one attached hydrogen (secondary N) is 1. The SMILES string of the molecule is CCCc1nc2c(n1Cc1ccc(-c3ccccc3S(=O)(=O)Nc3noc(C)c3C)c(C(C)O)c1)C(=O)CCCC2. The zero-order valence-electron chi connectivity index (χ0n) is 23.9. The van der Waals surface area contributed by atoms with Gasteiger partial charge in [0.05, 0.1) is 16.7 Å². The molecule has 10 heteroatoms. The lowest BCUT2D eigenvalue weighted by molar-refractivity contribution is 0.0973. The minimum atomic E-state index is -4.03. The number of imidazole rings is 1. The summed E-state index contributed by atoms with van der Waals surface area (Å²) in [6, 6.07) is 12.3. The van der Waals surface area contributed by atoms with Crippen LogP contribution >= 0.6 is 0 Å². The molecule has 0 saturated heterocycles. The average molecular weight is 577 g/mol. The molecule has 2 N–H and O–H groups in total. The largest absolute Gasteiger partial charge is 0.389 e. The maximum Gasteiger partial charge on any atom is 0.263 e. The summed E-state index contributed by atoms with van der Waals surface area (Å²) in [5.41, 5.74) is 4.74. The highest BCUT2D eigenvalue weighted by atomic mass is 32.2. The standard InChI is InChI=1S/C31H36N4O5S/c1-5-10-29-32-26-12-7-8-13-27(37)30(26)35(29)18-22-15-16-23(25(17-22)20(3)36)24-11-6-9-14-28(24)41(38,39)34-31-19(2)21(4)40-33-31/h6,9,11,14-17,20,36H,5,7-8,10,12-13,18H2,1-4H3,(H,33,34). The molecule has 0 saturated carbocycles. The van der Waals surface area contributed by atoms with Crippen LogP contribution in [0.25, 0.3) is 11.1 Å². The van der Waals surface area contributed by atoms with Gasteiger partial charge in [-0.05, 0) is 69.2 Å². The Morgan fingerprint density at radius 1 is 1.10 bits per heavy atom. The molecule has 2 aromatic heterocycles. The Balaban J connectivity index is 1.55. The second-order valence-electron chi connectivity index (χ2n) is 10.7. The lowest BCUT2D eigenvalue weighted by atomic mass is 9.94. The number of carbonyl (C=O) groups is 1. The number of hydrogen-bond acceptors (Lipinski definition) is 7. The molecule has 41 heavy (non-hydrogen) atoms. The zero-order valence-corrected chi connectivity index (χ0v) is 24.7. The number of aromatic nitrogens is 3. The van der Waals surface area contributed by atoms with E-state index in [2.05, 4.69) is 16.8 Å². The van der Waals surface area contributed by atoms with Gasteiger partial charge in [0.2, 0.25) is 0 Å². The van der Waals surface area contributed by atoms with Crippen molar-refractivity contribution in [3.8, 4) is 11.1 Å². The number of aliphatic hydroxyl groups excluding tert-OH is 1. The van der Waals surface area contributed by atoms with E-state index in [1.165, 1.54) is 6.07 Å². The topological polar surface area (TPSA) is 127 Å². The summed E-state index contributed by atoms with van der Waals surface area (Å²) in [6.45, 7) is 7.65. The quantitative estimate of drug-likeness (QED) is 0.237. The Kier molecular flexibility index (Phi) is 8.15. The summed E-state index contributed by atoms with van der Waals surface area (Å²) in [5, 5.41) is 14.7. The number of Topliss-reactive ketones (excluding diaryl/α,β-unsaturated/α-hetero) is 1. The number of hydrogen-bond donors (Lipinski definition) is 2. The molecule has 216 valence electrons. The van der Waals surface area contributed by atoms with Crippen molar-refractivity contribution in [2.75, 3.05) is 4.72 Å². The van der Waals surface area contributed by atoms with Crippen molar-refractivity contribution in [2.24, 2.45) is 0 Å². The first-order valence-electron chi connectivity index (χ1n) is 14.1. The summed E-state index contributed by atoms with van der Waals surface area (Å²) in [6.07, 6.45) is 3.95. The fourth-order valence-corrected chi connectivity index (χ4v) is 6.70. The Morgan fingerprint density at radius 3 is 2.56 bits per heavy atom. The highest BCUT2D eigenvalue weighted by Gasteiger charge is 2.26. The number of fused-ring (bicyclic) bond motifs is 1. The molecule has 0 aliphatic heterocycles. The van der Waals surface area contributed by atoms with Crippen LogP contribution in [0.5, 0.6) is 0 Å². The molecular weight excluding hydrogens is 540 g/mol. The number of benzene rings is 2. The van der Waals surface area contributed by atoms with Gasteiger partial charge in [0.1, 0.15) is 17.3 Å². The van der Waals surface area contributed by atoms with Crippen molar-refractivity contribution in [2.45, 2.75) is 83.8 Å². The molecule has 1 atom stereocenters. The van der Waals surface area contributed by atoms with E-state index in [1.54, 1.807) is 39.0 Å². The predicted octanol–water partition coefficient (Wildman–Crippen LogP) is 5.92. The summed E-state index contributed by atoms with van der Waals surface area (Å²) < 4.78 is 36.7. The van der Waals surface area contributed by atoms with Crippen LogP contribution in [-0.2, 0) is 29.4 Å². The first-order valence-corrected chi connectivity index (χ1v) is 15.6. The smallest absolute Gasteiger partial charge is 0.263 e. The van der Waals surface area contributed by atoms with E-state index < -0.39 is 16.1 Å². The molecule has 9 nitrogen and oxygen atoms in total. The number of anilines is 1. The van der Waals surface area contributed by atoms with Gasteiger partial charge in [0, 0.05) is 30.5 Å². The third-order valence-corrected chi connectivity index (χ3v) is 9.08. The van der Waals surface area contributed by atoms with Crippen LogP contribution in [0.4, 0.5) is 5.82 Å². The monoisotopic (exact) mass is 576 g/mol. The fraction of sp³-hybridized carbons (Fsp3) is 0.387. The maximum absolute atomic E-state index is 13.5. The second-order valence-corrected chi connectivity index (χ2v) is 12.4. The molecule has 0 radical (unpaired) electrons. The first kappa shape index (κ1) is 28.8. The van der Waals surface area contributed by atoms with E-state index in [4.69, 9.17) is 9.51 Å². The molecule has 5 rings (SSSR count). The van der Waals surface area contributed by atoms with Gasteiger partial charge in [-0.2, -0.15) is 0 Å². The summed E-state index contributed by atoms with van der Waals surface area (Å²) in [5.74, 6) is 1.70. The number of ketones is 1. The van der Waals surface area contributed by atoms with E-state index in [1.807, 2.05) is 22.8 Å². The van der Waals surface area contributed by atoms with Crippen molar-refractivity contribution >= 4 is 21.6 Å². The van der Waals surface area contributed by atoms with Crippen molar-refractivity contribution < 1.29 is 22.8 Å². The van der Waals surface area contributed by atoms with Gasteiger partial charge in [-0.15, -0.1) is 0 Å². The van der Waals surface area contributed by atoms with Crippen LogP contribution in [0.1, 0.15) is 90.1 Å². The number of rotatable bonds is 9. The Labute approximate surface area is 240 Å². The van der Waals surface area contributed by atoms with Crippen LogP contribution < -0.4 is 4.72 Å². The zero-order chi connectivity index (χ0) is 29.3. The van der Waals surface area contributed by atoms with Gasteiger partial charge >= 0.3 is 0 Å². The lowest BCUT2D eigenvalue weighted by Gasteiger charge is -2.18. The van der Waals surface area contributed by atoms with Crippen LogP contribution in [0.2, 0.25) is 0 Å². The van der Waals surface area contributed by atoms with E-state index in [9.17, 15) is 18.3 Å². The molecule has 0 fully saturated rings. The molecular formula is C31H36N4O5S. The minimum absolute atomic E-state index is 0.0606. The molecule has 1 unspecified atom stereocenters. The van der Waals surface area contributed by atoms with Crippen LogP contribution in [0, 0.1) is 13.8 Å². The number of nitrogens with zero attached hydrogens (tertiary/aromatic N) is 3. The van der Waals surface area contributed by atoms with Gasteiger partial charge in [-0.25, -0.2) is 13.4 Å². The van der Waals surface area contributed by atoms with E-state index in [-0.39, 0.29) is 16.5 Å². The maximum atomic E-state index is 13.5. The highest BCUT2D eigenvalue weighted by Crippen LogP contribution is 2.35. The molecule has 2 aromatic carbocycles. The van der Waals surface area contributed by atoms with Crippen molar-refractivity contribution in [3.63, 3.8) is 0 Å². The average Bonchev–Trinajstić information content (AvgIpc) is 3.37. The van der Waals surface area contributed by atoms with Gasteiger partial charge in [0.25, 0.3) is 10.0 Å². The predicted molar refractivity (Wildman–Crippen MR) is 157 cm³/mol. The summed E-state index contributed by atoms with van der Waals surface area (Å²) >= 11 is 0. The second kappa shape index (κ2) is 11.6. The van der Waals surface area contributed by atoms with Crippen LogP contribution in [0.3, 0.4) is 0 Å². The molecule has 0 bridgehead atoms. The Hall–Kier alpha value is -3.76. The van der Waals surface area contributed by atoms with Gasteiger partial charge in [-0.3, -0.25) is 9.52 Å². The number of aryl methyl sites for hydroxylation is 3. The number of carbonyl (C=O) groups excluding carboxylic acids is 1. The normalized spacial score (nSPS) is 14.5. The summed E-state index contributed by atoms with van der Waals surface area (Å²) in [4.78, 5) is 18.0. The third-order valence-electron chi connectivity index (χ3n) is 7.69. The van der Waals surface area contributed by atoms with Crippen molar-refractivity contribution in [3.05, 3.63) is 82.1 Å². The van der Waals surface area contributed by atoms with Gasteiger partial charge in [-0.1, -0.05) is 48.5 Å². The van der Waals surface area contributed by atoms with Gasteiger partial charge in [0.15, 0.2) is 11.6 Å². The van der Waals surface area contributed by atoms with E-state index >= 15 is 0 Å². The lowest BCUT2D eigenvalue weighted by Crippen LogP contribution is -2.15. The highest BCUT2D eigenvalue weighted by molar-refractivity contribution is 7.92. The fourth-order valence-electron chi connectivity index (χ4n) is 5.42. The number of aliphatic hydroxyl groups is 1. The van der Waals surface area contributed by atoms with Crippen LogP contribution in [0.15, 0.2) is 51.9 Å². The first-order chi connectivity index (χ1) is 19.6. The van der Waals surface area contributed by atoms with Crippen molar-refractivity contribution in [1.29, 1.82) is 0 Å². The van der Waals surface area contributed by atoms with E-state index in [0.717, 1.165) is 49.2 Å². The molecule has 0 spiro atoms. The van der Waals surface area contributed by atoms with Crippen molar-refractivity contribution in [1.82, 2.24) is 14.7 Å². The Morgan fingerprint density at radius 2 is 1.85 bits per heavy atom. The Bertz CT molecular complexity index is 1700. The number of sulfonamides is 1. The van der Waals surface area contributed by atoms with Gasteiger partial charge < -0.3 is 14.2 Å². The third kappa shape index (κ3) is 5.71. The molecule has 2 heterocycles. The summed E-state index contributed by atoms with van der Waals surface area (Å²) in [7, 11) is -4.03. The van der Waals surface area contributed by atoms with E-state index in [0.29, 0.717) is 46.7 Å². The molecule has 4 aromatic rings. The molecule has 1 aliphatic carbocycles.